The average molecular weight is 384 g/mol. The molecule has 2 aliphatic carbocycles. The van der Waals surface area contributed by atoms with Gasteiger partial charge in [0.15, 0.2) is 6.61 Å². The fourth-order valence-electron chi connectivity index (χ4n) is 3.82. The Morgan fingerprint density at radius 3 is 2.78 bits per heavy atom. The summed E-state index contributed by atoms with van der Waals surface area (Å²) >= 11 is 3.15. The molecular formula is C17H19BrFNO3. The van der Waals surface area contributed by atoms with Gasteiger partial charge >= 0.3 is 5.97 Å². The Balaban J connectivity index is 1.42. The van der Waals surface area contributed by atoms with E-state index in [-0.39, 0.29) is 18.3 Å². The normalized spacial score (nSPS) is 25.4. The highest BCUT2D eigenvalue weighted by molar-refractivity contribution is 9.10. The number of amides is 1. The summed E-state index contributed by atoms with van der Waals surface area (Å²) in [6, 6.07) is 4.34. The minimum atomic E-state index is -0.541. The minimum absolute atomic E-state index is 0.0716. The van der Waals surface area contributed by atoms with Crippen molar-refractivity contribution in [2.75, 3.05) is 11.9 Å². The highest BCUT2D eigenvalue weighted by atomic mass is 79.9. The van der Waals surface area contributed by atoms with Crippen LogP contribution in [0.1, 0.15) is 32.1 Å². The van der Waals surface area contributed by atoms with E-state index in [9.17, 15) is 14.0 Å². The SMILES string of the molecule is O=C(COC(=O)C[C@H]1C[C@H]2CC[C@@H]1C2)Nc1ccc(Br)cc1F. The summed E-state index contributed by atoms with van der Waals surface area (Å²) in [6.45, 7) is -0.380. The van der Waals surface area contributed by atoms with Gasteiger partial charge in [0.25, 0.3) is 5.91 Å². The number of halogens is 2. The lowest BCUT2D eigenvalue weighted by Gasteiger charge is -2.20. The monoisotopic (exact) mass is 383 g/mol. The van der Waals surface area contributed by atoms with Crippen LogP contribution in [-0.4, -0.2) is 18.5 Å². The van der Waals surface area contributed by atoms with E-state index in [1.54, 1.807) is 6.07 Å². The number of carbonyl (C=O) groups is 2. The zero-order valence-corrected chi connectivity index (χ0v) is 14.3. The molecule has 2 fully saturated rings. The van der Waals surface area contributed by atoms with Gasteiger partial charge in [0.2, 0.25) is 0 Å². The topological polar surface area (TPSA) is 55.4 Å². The zero-order valence-electron chi connectivity index (χ0n) is 12.7. The van der Waals surface area contributed by atoms with E-state index in [0.717, 1.165) is 12.3 Å². The van der Waals surface area contributed by atoms with Gasteiger partial charge in [0.1, 0.15) is 5.82 Å². The molecule has 1 amide bonds. The molecule has 2 bridgehead atoms. The Labute approximate surface area is 142 Å². The maximum absolute atomic E-state index is 13.6. The number of esters is 1. The molecule has 4 nitrogen and oxygen atoms in total. The molecule has 1 aromatic rings. The van der Waals surface area contributed by atoms with Crippen LogP contribution in [0.25, 0.3) is 0 Å². The predicted octanol–water partition coefficient (Wildman–Crippen LogP) is 3.90. The molecular weight excluding hydrogens is 365 g/mol. The van der Waals surface area contributed by atoms with Crippen LogP contribution in [0, 0.1) is 23.6 Å². The first-order valence-corrected chi connectivity index (χ1v) is 8.71. The molecule has 0 aliphatic heterocycles. The fourth-order valence-corrected chi connectivity index (χ4v) is 4.16. The quantitative estimate of drug-likeness (QED) is 0.784. The molecule has 2 aliphatic rings. The van der Waals surface area contributed by atoms with Crippen molar-refractivity contribution in [2.24, 2.45) is 17.8 Å². The van der Waals surface area contributed by atoms with Crippen molar-refractivity contribution >= 4 is 33.5 Å². The van der Waals surface area contributed by atoms with Crippen LogP contribution in [-0.2, 0) is 14.3 Å². The van der Waals surface area contributed by atoms with Crippen LogP contribution >= 0.6 is 15.9 Å². The highest BCUT2D eigenvalue weighted by Crippen LogP contribution is 2.49. The van der Waals surface area contributed by atoms with Gasteiger partial charge in [0, 0.05) is 10.9 Å². The Morgan fingerprint density at radius 1 is 1.30 bits per heavy atom. The van der Waals surface area contributed by atoms with Crippen molar-refractivity contribution in [1.29, 1.82) is 0 Å². The van der Waals surface area contributed by atoms with E-state index < -0.39 is 11.7 Å². The van der Waals surface area contributed by atoms with Crippen molar-refractivity contribution < 1.29 is 18.7 Å². The van der Waals surface area contributed by atoms with Gasteiger partial charge in [-0.25, -0.2) is 4.39 Å². The predicted molar refractivity (Wildman–Crippen MR) is 87.2 cm³/mol. The molecule has 0 radical (unpaired) electrons. The van der Waals surface area contributed by atoms with Crippen LogP contribution in [0.4, 0.5) is 10.1 Å². The summed E-state index contributed by atoms with van der Waals surface area (Å²) in [7, 11) is 0. The maximum Gasteiger partial charge on any atom is 0.306 e. The number of ether oxygens (including phenoxy) is 1. The fraction of sp³-hybridized carbons (Fsp3) is 0.529. The molecule has 0 heterocycles. The van der Waals surface area contributed by atoms with E-state index in [4.69, 9.17) is 4.74 Å². The molecule has 23 heavy (non-hydrogen) atoms. The standard InChI is InChI=1S/C17H19BrFNO3/c18-13-3-4-15(14(19)8-13)20-16(21)9-23-17(22)7-12-6-10-1-2-11(12)5-10/h3-4,8,10-12H,1-2,5-7,9H2,(H,20,21)/t10-,11+,12+/m0/s1. The summed E-state index contributed by atoms with van der Waals surface area (Å²) in [6.07, 6.45) is 5.24. The molecule has 0 unspecified atom stereocenters. The molecule has 6 heteroatoms. The number of rotatable bonds is 5. The van der Waals surface area contributed by atoms with Gasteiger partial charge < -0.3 is 10.1 Å². The third kappa shape index (κ3) is 4.10. The second-order valence-electron chi connectivity index (χ2n) is 6.47. The van der Waals surface area contributed by atoms with E-state index in [1.165, 1.54) is 31.4 Å². The summed E-state index contributed by atoms with van der Waals surface area (Å²) in [5, 5.41) is 2.40. The van der Waals surface area contributed by atoms with Gasteiger partial charge in [-0.1, -0.05) is 22.4 Å². The van der Waals surface area contributed by atoms with Crippen LogP contribution in [0.2, 0.25) is 0 Å². The number of nitrogens with one attached hydrogen (secondary N) is 1. The Kier molecular flexibility index (Phi) is 4.99. The molecule has 0 aromatic heterocycles. The summed E-state index contributed by atoms with van der Waals surface area (Å²) in [5.41, 5.74) is 0.0716. The number of hydrogen-bond donors (Lipinski definition) is 1. The van der Waals surface area contributed by atoms with Crippen LogP contribution in [0.5, 0.6) is 0 Å². The van der Waals surface area contributed by atoms with E-state index in [1.807, 2.05) is 0 Å². The first kappa shape index (κ1) is 16.4. The Hall–Kier alpha value is -1.43. The lowest BCUT2D eigenvalue weighted by atomic mass is 9.86. The minimum Gasteiger partial charge on any atom is -0.456 e. The van der Waals surface area contributed by atoms with Crippen LogP contribution in [0.3, 0.4) is 0 Å². The molecule has 2 saturated carbocycles. The molecule has 1 aromatic carbocycles. The largest absolute Gasteiger partial charge is 0.456 e. The number of fused-ring (bicyclic) bond motifs is 2. The van der Waals surface area contributed by atoms with Crippen molar-refractivity contribution in [1.82, 2.24) is 0 Å². The number of hydrogen-bond acceptors (Lipinski definition) is 3. The van der Waals surface area contributed by atoms with Gasteiger partial charge in [-0.3, -0.25) is 9.59 Å². The first-order chi connectivity index (χ1) is 11.0. The number of carbonyl (C=O) groups excluding carboxylic acids is 2. The zero-order chi connectivity index (χ0) is 16.4. The first-order valence-electron chi connectivity index (χ1n) is 7.92. The maximum atomic E-state index is 13.6. The van der Waals surface area contributed by atoms with Crippen molar-refractivity contribution in [3.05, 3.63) is 28.5 Å². The average Bonchev–Trinajstić information content (AvgIpc) is 3.11. The van der Waals surface area contributed by atoms with E-state index in [2.05, 4.69) is 21.2 Å². The highest BCUT2D eigenvalue weighted by Gasteiger charge is 2.40. The van der Waals surface area contributed by atoms with Crippen LogP contribution in [0.15, 0.2) is 22.7 Å². The van der Waals surface area contributed by atoms with Crippen molar-refractivity contribution in [3.8, 4) is 0 Å². The van der Waals surface area contributed by atoms with Crippen molar-refractivity contribution in [2.45, 2.75) is 32.1 Å². The third-order valence-electron chi connectivity index (χ3n) is 4.88. The van der Waals surface area contributed by atoms with Crippen molar-refractivity contribution in [3.63, 3.8) is 0 Å². The Morgan fingerprint density at radius 2 is 2.13 bits per heavy atom. The molecule has 124 valence electrons. The number of anilines is 1. The summed E-state index contributed by atoms with van der Waals surface area (Å²) < 4.78 is 19.2. The summed E-state index contributed by atoms with van der Waals surface area (Å²) in [5.74, 6) is 0.426. The lowest BCUT2D eigenvalue weighted by Crippen LogP contribution is -2.23. The molecule has 3 rings (SSSR count). The Bertz CT molecular complexity index is 622. The van der Waals surface area contributed by atoms with E-state index in [0.29, 0.717) is 22.7 Å². The molecule has 0 saturated heterocycles. The van der Waals surface area contributed by atoms with Crippen LogP contribution < -0.4 is 5.32 Å². The van der Waals surface area contributed by atoms with Gasteiger partial charge in [-0.05, 0) is 55.2 Å². The molecule has 1 N–H and O–H groups in total. The van der Waals surface area contributed by atoms with Gasteiger partial charge in [-0.2, -0.15) is 0 Å². The second kappa shape index (κ2) is 6.99. The third-order valence-corrected chi connectivity index (χ3v) is 5.38. The number of benzene rings is 1. The van der Waals surface area contributed by atoms with Gasteiger partial charge in [-0.15, -0.1) is 0 Å². The molecule has 0 spiro atoms. The molecule has 3 atom stereocenters. The smallest absolute Gasteiger partial charge is 0.306 e. The van der Waals surface area contributed by atoms with E-state index >= 15 is 0 Å². The second-order valence-corrected chi connectivity index (χ2v) is 7.39. The van der Waals surface area contributed by atoms with Gasteiger partial charge in [0.05, 0.1) is 5.69 Å². The lowest BCUT2D eigenvalue weighted by molar-refractivity contribution is -0.148. The summed E-state index contributed by atoms with van der Waals surface area (Å²) in [4.78, 5) is 23.6.